The van der Waals surface area contributed by atoms with Crippen molar-refractivity contribution in [1.82, 2.24) is 15.1 Å². The van der Waals surface area contributed by atoms with Crippen molar-refractivity contribution in [3.63, 3.8) is 0 Å². The molecule has 2 saturated heterocycles. The monoisotopic (exact) mass is 241 g/mol. The summed E-state index contributed by atoms with van der Waals surface area (Å²) >= 11 is 0. The highest BCUT2D eigenvalue weighted by Crippen LogP contribution is 2.14. The van der Waals surface area contributed by atoms with Crippen LogP contribution in [0.2, 0.25) is 0 Å². The Balaban J connectivity index is 1.93. The third-order valence-corrected chi connectivity index (χ3v) is 3.83. The highest BCUT2D eigenvalue weighted by molar-refractivity contribution is 5.74. The van der Waals surface area contributed by atoms with E-state index in [1.807, 2.05) is 4.90 Å². The van der Waals surface area contributed by atoms with Gasteiger partial charge in [-0.2, -0.15) is 0 Å². The fraction of sp³-hybridized carbons (Fsp3) is 0.917. The zero-order chi connectivity index (χ0) is 12.3. The third kappa shape index (κ3) is 2.90. The highest BCUT2D eigenvalue weighted by atomic mass is 16.3. The number of β-amino-alcohol motifs (C(OH)–C–C–N with tert-alkyl or cyclic N) is 1. The average Bonchev–Trinajstić information content (AvgIpc) is 2.60. The van der Waals surface area contributed by atoms with Gasteiger partial charge in [0.25, 0.3) is 0 Å². The Bertz CT molecular complexity index is 264. The molecule has 0 aromatic carbocycles. The molecule has 0 spiro atoms. The molecule has 0 aliphatic carbocycles. The topological polar surface area (TPSA) is 55.8 Å². The van der Waals surface area contributed by atoms with Crippen LogP contribution in [-0.4, -0.2) is 66.3 Å². The summed E-state index contributed by atoms with van der Waals surface area (Å²) in [4.78, 5) is 15.9. The first kappa shape index (κ1) is 12.6. The zero-order valence-corrected chi connectivity index (χ0v) is 10.6. The molecular weight excluding hydrogens is 218 g/mol. The minimum Gasteiger partial charge on any atom is -0.390 e. The molecule has 2 N–H and O–H groups in total. The molecule has 98 valence electrons. The van der Waals surface area contributed by atoms with Crippen LogP contribution in [0.3, 0.4) is 0 Å². The number of amides is 2. The molecule has 0 radical (unpaired) electrons. The van der Waals surface area contributed by atoms with E-state index in [0.717, 1.165) is 25.9 Å². The maximum Gasteiger partial charge on any atom is 0.320 e. The largest absolute Gasteiger partial charge is 0.390 e. The third-order valence-electron chi connectivity index (χ3n) is 3.83. The number of nitrogens with zero attached hydrogens (tertiary/aromatic N) is 2. The molecule has 0 aromatic heterocycles. The number of urea groups is 1. The van der Waals surface area contributed by atoms with Crippen LogP contribution in [0, 0.1) is 0 Å². The Morgan fingerprint density at radius 3 is 2.41 bits per heavy atom. The van der Waals surface area contributed by atoms with E-state index in [2.05, 4.69) is 5.32 Å². The van der Waals surface area contributed by atoms with Crippen LogP contribution in [-0.2, 0) is 0 Å². The number of likely N-dealkylation sites (N-methyl/N-ethyl adjacent to an activating group) is 1. The SMILES string of the molecule is CN(C(=O)N1CCCCCC1)[C@H]1CNC[C@@H]1O. The van der Waals surface area contributed by atoms with Crippen molar-refractivity contribution >= 4 is 6.03 Å². The molecule has 2 aliphatic heterocycles. The second kappa shape index (κ2) is 5.69. The fourth-order valence-electron chi connectivity index (χ4n) is 2.67. The Morgan fingerprint density at radius 1 is 1.24 bits per heavy atom. The van der Waals surface area contributed by atoms with Gasteiger partial charge in [0.2, 0.25) is 0 Å². The van der Waals surface area contributed by atoms with Crippen molar-refractivity contribution in [2.75, 3.05) is 33.2 Å². The summed E-state index contributed by atoms with van der Waals surface area (Å²) in [6, 6.07) is -0.00889. The van der Waals surface area contributed by atoms with Gasteiger partial charge in [0, 0.05) is 33.2 Å². The Labute approximate surface area is 103 Å². The van der Waals surface area contributed by atoms with Gasteiger partial charge in [-0.15, -0.1) is 0 Å². The lowest BCUT2D eigenvalue weighted by Gasteiger charge is -2.32. The standard InChI is InChI=1S/C12H23N3O2/c1-14(10-8-13-9-11(10)16)12(17)15-6-4-2-3-5-7-15/h10-11,13,16H,2-9H2,1H3/t10-,11-/m0/s1. The number of hydrogen-bond acceptors (Lipinski definition) is 3. The van der Waals surface area contributed by atoms with Crippen LogP contribution < -0.4 is 5.32 Å². The molecular formula is C12H23N3O2. The quantitative estimate of drug-likeness (QED) is 0.692. The van der Waals surface area contributed by atoms with Gasteiger partial charge in [-0.1, -0.05) is 12.8 Å². The molecule has 2 amide bonds. The van der Waals surface area contributed by atoms with Crippen LogP contribution in [0.25, 0.3) is 0 Å². The van der Waals surface area contributed by atoms with Gasteiger partial charge in [0.1, 0.15) is 0 Å². The lowest BCUT2D eigenvalue weighted by atomic mass is 10.2. The molecule has 2 aliphatic rings. The van der Waals surface area contributed by atoms with Gasteiger partial charge in [-0.05, 0) is 12.8 Å². The first-order valence-corrected chi connectivity index (χ1v) is 6.60. The Kier molecular flexibility index (Phi) is 4.23. The van der Waals surface area contributed by atoms with Gasteiger partial charge in [0.05, 0.1) is 12.1 Å². The van der Waals surface area contributed by atoms with Gasteiger partial charge < -0.3 is 20.2 Å². The van der Waals surface area contributed by atoms with Crippen molar-refractivity contribution < 1.29 is 9.90 Å². The summed E-state index contributed by atoms with van der Waals surface area (Å²) in [5.74, 6) is 0. The summed E-state index contributed by atoms with van der Waals surface area (Å²) in [5.41, 5.74) is 0. The van der Waals surface area contributed by atoms with Crippen molar-refractivity contribution in [3.05, 3.63) is 0 Å². The fourth-order valence-corrected chi connectivity index (χ4v) is 2.67. The zero-order valence-electron chi connectivity index (χ0n) is 10.6. The average molecular weight is 241 g/mol. The van der Waals surface area contributed by atoms with E-state index in [0.29, 0.717) is 13.1 Å². The molecule has 0 bridgehead atoms. The Morgan fingerprint density at radius 2 is 1.88 bits per heavy atom. The maximum absolute atomic E-state index is 12.3. The molecule has 5 nitrogen and oxygen atoms in total. The van der Waals surface area contributed by atoms with Gasteiger partial charge in [-0.3, -0.25) is 0 Å². The predicted molar refractivity (Wildman–Crippen MR) is 65.9 cm³/mol. The minimum atomic E-state index is -0.434. The summed E-state index contributed by atoms with van der Waals surface area (Å²) in [5, 5.41) is 12.9. The number of carbonyl (C=O) groups is 1. The number of likely N-dealkylation sites (tertiary alicyclic amines) is 1. The normalized spacial score (nSPS) is 30.1. The molecule has 2 fully saturated rings. The summed E-state index contributed by atoms with van der Waals surface area (Å²) in [6.45, 7) is 3.00. The smallest absolute Gasteiger partial charge is 0.320 e. The second-order valence-electron chi connectivity index (χ2n) is 5.09. The molecule has 2 rings (SSSR count). The van der Waals surface area contributed by atoms with E-state index in [1.54, 1.807) is 11.9 Å². The minimum absolute atomic E-state index is 0.0691. The maximum atomic E-state index is 12.3. The van der Waals surface area contributed by atoms with Crippen molar-refractivity contribution in [2.24, 2.45) is 0 Å². The van der Waals surface area contributed by atoms with Crippen molar-refractivity contribution in [1.29, 1.82) is 0 Å². The highest BCUT2D eigenvalue weighted by Gasteiger charge is 2.33. The van der Waals surface area contributed by atoms with E-state index in [-0.39, 0.29) is 12.1 Å². The van der Waals surface area contributed by atoms with Crippen LogP contribution in [0.15, 0.2) is 0 Å². The number of aliphatic hydroxyl groups is 1. The van der Waals surface area contributed by atoms with Crippen LogP contribution >= 0.6 is 0 Å². The van der Waals surface area contributed by atoms with E-state index in [4.69, 9.17) is 0 Å². The number of nitrogens with one attached hydrogen (secondary N) is 1. The van der Waals surface area contributed by atoms with E-state index >= 15 is 0 Å². The number of aliphatic hydroxyl groups excluding tert-OH is 1. The Hall–Kier alpha value is -0.810. The lowest BCUT2D eigenvalue weighted by molar-refractivity contribution is 0.0936. The summed E-state index contributed by atoms with van der Waals surface area (Å²) in [6.07, 6.45) is 4.22. The summed E-state index contributed by atoms with van der Waals surface area (Å²) in [7, 11) is 1.80. The molecule has 0 unspecified atom stereocenters. The van der Waals surface area contributed by atoms with Crippen molar-refractivity contribution in [2.45, 2.75) is 37.8 Å². The molecule has 0 aromatic rings. The molecule has 0 saturated carbocycles. The molecule has 5 heteroatoms. The lowest BCUT2D eigenvalue weighted by Crippen LogP contribution is -2.50. The molecule has 2 atom stereocenters. The van der Waals surface area contributed by atoms with Crippen molar-refractivity contribution in [3.8, 4) is 0 Å². The molecule has 2 heterocycles. The number of hydrogen-bond donors (Lipinski definition) is 2. The summed E-state index contributed by atoms with van der Waals surface area (Å²) < 4.78 is 0. The van der Waals surface area contributed by atoms with Crippen LogP contribution in [0.5, 0.6) is 0 Å². The second-order valence-corrected chi connectivity index (χ2v) is 5.09. The number of carbonyl (C=O) groups excluding carboxylic acids is 1. The van der Waals surface area contributed by atoms with E-state index in [9.17, 15) is 9.90 Å². The van der Waals surface area contributed by atoms with Crippen LogP contribution in [0.4, 0.5) is 4.79 Å². The van der Waals surface area contributed by atoms with Gasteiger partial charge >= 0.3 is 6.03 Å². The van der Waals surface area contributed by atoms with E-state index in [1.165, 1.54) is 12.8 Å². The van der Waals surface area contributed by atoms with E-state index < -0.39 is 6.10 Å². The first-order valence-electron chi connectivity index (χ1n) is 6.60. The molecule has 17 heavy (non-hydrogen) atoms. The van der Waals surface area contributed by atoms with Crippen LogP contribution in [0.1, 0.15) is 25.7 Å². The first-order chi connectivity index (χ1) is 8.20. The van der Waals surface area contributed by atoms with Gasteiger partial charge in [0.15, 0.2) is 0 Å². The predicted octanol–water partition coefficient (Wildman–Crippen LogP) is 0.247. The number of rotatable bonds is 1. The van der Waals surface area contributed by atoms with Gasteiger partial charge in [-0.25, -0.2) is 4.79 Å².